The first kappa shape index (κ1) is 14.5. The van der Waals surface area contributed by atoms with E-state index in [0.717, 1.165) is 15.0 Å². The molecule has 1 N–H and O–H groups in total. The minimum Gasteiger partial charge on any atom is -0.395 e. The van der Waals surface area contributed by atoms with Gasteiger partial charge in [-0.15, -0.1) is 11.3 Å². The van der Waals surface area contributed by atoms with Crippen molar-refractivity contribution in [2.75, 3.05) is 13.7 Å². The first-order valence-electron chi connectivity index (χ1n) is 5.96. The van der Waals surface area contributed by atoms with Crippen LogP contribution in [-0.4, -0.2) is 37.5 Å². The van der Waals surface area contributed by atoms with Crippen molar-refractivity contribution in [1.29, 1.82) is 0 Å². The predicted octanol–water partition coefficient (Wildman–Crippen LogP) is 2.21. The van der Waals surface area contributed by atoms with Gasteiger partial charge in [-0.3, -0.25) is 0 Å². The van der Waals surface area contributed by atoms with Crippen molar-refractivity contribution < 1.29 is 13.5 Å². The van der Waals surface area contributed by atoms with Crippen molar-refractivity contribution in [1.82, 2.24) is 4.31 Å². The minimum absolute atomic E-state index is 0.198. The van der Waals surface area contributed by atoms with Crippen LogP contribution in [0.2, 0.25) is 0 Å². The van der Waals surface area contributed by atoms with Gasteiger partial charge in [0.1, 0.15) is 4.90 Å². The van der Waals surface area contributed by atoms with Crippen molar-refractivity contribution in [2.24, 2.45) is 0 Å². The summed E-state index contributed by atoms with van der Waals surface area (Å²) in [7, 11) is -2.08. The van der Waals surface area contributed by atoms with E-state index in [9.17, 15) is 8.42 Å². The summed E-state index contributed by atoms with van der Waals surface area (Å²) >= 11 is 1.47. The van der Waals surface area contributed by atoms with Crippen LogP contribution in [0.25, 0.3) is 10.1 Å². The number of sulfonamides is 1. The van der Waals surface area contributed by atoms with E-state index in [0.29, 0.717) is 4.90 Å². The number of aliphatic hydroxyl groups excluding tert-OH is 1. The predicted molar refractivity (Wildman–Crippen MR) is 78.1 cm³/mol. The van der Waals surface area contributed by atoms with Crippen LogP contribution in [0.3, 0.4) is 0 Å². The van der Waals surface area contributed by atoms with Gasteiger partial charge in [0, 0.05) is 28.1 Å². The van der Waals surface area contributed by atoms with Crippen LogP contribution in [0.5, 0.6) is 0 Å². The highest BCUT2D eigenvalue weighted by Crippen LogP contribution is 2.35. The number of rotatable bonds is 4. The summed E-state index contributed by atoms with van der Waals surface area (Å²) in [6, 6.07) is 7.03. The van der Waals surface area contributed by atoms with E-state index < -0.39 is 16.1 Å². The molecule has 0 saturated heterocycles. The molecule has 0 radical (unpaired) electrons. The number of hydrogen-bond donors (Lipinski definition) is 1. The SMILES string of the molecule is Cc1sc2ccccc2c1S(=O)(=O)N(C)C(C)CO. The average molecular weight is 299 g/mol. The van der Waals surface area contributed by atoms with E-state index in [1.165, 1.54) is 22.7 Å². The van der Waals surface area contributed by atoms with Crippen LogP contribution in [0.4, 0.5) is 0 Å². The van der Waals surface area contributed by atoms with Crippen LogP contribution in [-0.2, 0) is 10.0 Å². The molecule has 6 heteroatoms. The van der Waals surface area contributed by atoms with Gasteiger partial charge in [-0.1, -0.05) is 18.2 Å². The third kappa shape index (κ3) is 2.41. The van der Waals surface area contributed by atoms with Crippen molar-refractivity contribution in [3.05, 3.63) is 29.1 Å². The molecule has 1 aromatic carbocycles. The fourth-order valence-corrected chi connectivity index (χ4v) is 5.07. The summed E-state index contributed by atoms with van der Waals surface area (Å²) < 4.78 is 27.5. The summed E-state index contributed by atoms with van der Waals surface area (Å²) in [5.41, 5.74) is 0. The summed E-state index contributed by atoms with van der Waals surface area (Å²) in [6.45, 7) is 3.30. The Morgan fingerprint density at radius 1 is 1.37 bits per heavy atom. The zero-order valence-electron chi connectivity index (χ0n) is 11.1. The average Bonchev–Trinajstić information content (AvgIpc) is 2.73. The lowest BCUT2D eigenvalue weighted by atomic mass is 10.2. The van der Waals surface area contributed by atoms with Crippen LogP contribution in [0, 0.1) is 6.92 Å². The molecule has 4 nitrogen and oxygen atoms in total. The summed E-state index contributed by atoms with van der Waals surface area (Å²) in [6.07, 6.45) is 0. The molecule has 0 bridgehead atoms. The molecule has 2 rings (SSSR count). The van der Waals surface area contributed by atoms with Gasteiger partial charge in [0.2, 0.25) is 10.0 Å². The monoisotopic (exact) mass is 299 g/mol. The summed E-state index contributed by atoms with van der Waals surface area (Å²) in [5.74, 6) is 0. The standard InChI is InChI=1S/C13H17NO3S2/c1-9(8-15)14(3)19(16,17)13-10(2)18-12-7-5-4-6-11(12)13/h4-7,9,15H,8H2,1-3H3. The number of fused-ring (bicyclic) bond motifs is 1. The second kappa shape index (κ2) is 5.20. The van der Waals surface area contributed by atoms with Crippen LogP contribution < -0.4 is 0 Å². The topological polar surface area (TPSA) is 57.6 Å². The second-order valence-electron chi connectivity index (χ2n) is 4.54. The zero-order chi connectivity index (χ0) is 14.2. The van der Waals surface area contributed by atoms with Crippen LogP contribution >= 0.6 is 11.3 Å². The molecular formula is C13H17NO3S2. The fourth-order valence-electron chi connectivity index (χ4n) is 1.96. The van der Waals surface area contributed by atoms with E-state index in [1.807, 2.05) is 31.2 Å². The maximum atomic E-state index is 12.6. The number of benzene rings is 1. The van der Waals surface area contributed by atoms with Crippen LogP contribution in [0.1, 0.15) is 11.8 Å². The molecule has 0 aliphatic rings. The number of thiophene rings is 1. The van der Waals surface area contributed by atoms with Gasteiger partial charge in [-0.25, -0.2) is 8.42 Å². The third-order valence-corrected chi connectivity index (χ3v) is 6.61. The molecule has 0 aliphatic heterocycles. The highest BCUT2D eigenvalue weighted by Gasteiger charge is 2.29. The summed E-state index contributed by atoms with van der Waals surface area (Å²) in [5, 5.41) is 9.90. The van der Waals surface area contributed by atoms with Crippen molar-refractivity contribution in [3.63, 3.8) is 0 Å². The molecule has 0 aliphatic carbocycles. The molecule has 1 unspecified atom stereocenters. The van der Waals surface area contributed by atoms with Gasteiger partial charge >= 0.3 is 0 Å². The van der Waals surface area contributed by atoms with Crippen molar-refractivity contribution in [2.45, 2.75) is 24.8 Å². The molecule has 19 heavy (non-hydrogen) atoms. The molecule has 0 amide bonds. The molecule has 1 heterocycles. The highest BCUT2D eigenvalue weighted by atomic mass is 32.2. The molecule has 0 spiro atoms. The largest absolute Gasteiger partial charge is 0.395 e. The smallest absolute Gasteiger partial charge is 0.244 e. The third-order valence-electron chi connectivity index (χ3n) is 3.24. The first-order valence-corrected chi connectivity index (χ1v) is 8.22. The Labute approximate surface area is 117 Å². The zero-order valence-corrected chi connectivity index (χ0v) is 12.8. The van der Waals surface area contributed by atoms with Gasteiger partial charge in [0.15, 0.2) is 0 Å². The Bertz CT molecular complexity index is 691. The molecular weight excluding hydrogens is 282 g/mol. The second-order valence-corrected chi connectivity index (χ2v) is 7.73. The number of hydrogen-bond acceptors (Lipinski definition) is 4. The van der Waals surface area contributed by atoms with E-state index in [4.69, 9.17) is 5.11 Å². The van der Waals surface area contributed by atoms with E-state index >= 15 is 0 Å². The quantitative estimate of drug-likeness (QED) is 0.941. The Balaban J connectivity index is 2.64. The van der Waals surface area contributed by atoms with Gasteiger partial charge in [0.25, 0.3) is 0 Å². The normalized spacial score (nSPS) is 14.2. The lowest BCUT2D eigenvalue weighted by Crippen LogP contribution is -2.37. The maximum absolute atomic E-state index is 12.6. The molecule has 1 aromatic heterocycles. The minimum atomic E-state index is -3.58. The number of aryl methyl sites for hydroxylation is 1. The number of nitrogens with zero attached hydrogens (tertiary/aromatic N) is 1. The van der Waals surface area contributed by atoms with Gasteiger partial charge < -0.3 is 5.11 Å². The lowest BCUT2D eigenvalue weighted by molar-refractivity contribution is 0.214. The summed E-state index contributed by atoms with van der Waals surface area (Å²) in [4.78, 5) is 1.13. The fraction of sp³-hybridized carbons (Fsp3) is 0.385. The maximum Gasteiger partial charge on any atom is 0.244 e. The molecule has 104 valence electrons. The molecule has 1 atom stereocenters. The first-order chi connectivity index (χ1) is 8.89. The van der Waals surface area contributed by atoms with E-state index in [1.54, 1.807) is 6.92 Å². The van der Waals surface area contributed by atoms with Crippen molar-refractivity contribution in [3.8, 4) is 0 Å². The lowest BCUT2D eigenvalue weighted by Gasteiger charge is -2.22. The Hall–Kier alpha value is -0.950. The molecule has 2 aromatic rings. The van der Waals surface area contributed by atoms with E-state index in [2.05, 4.69) is 0 Å². The van der Waals surface area contributed by atoms with E-state index in [-0.39, 0.29) is 6.61 Å². The molecule has 0 fully saturated rings. The van der Waals surface area contributed by atoms with Crippen LogP contribution in [0.15, 0.2) is 29.2 Å². The van der Waals surface area contributed by atoms with Gasteiger partial charge in [-0.2, -0.15) is 4.31 Å². The van der Waals surface area contributed by atoms with Gasteiger partial charge in [0.05, 0.1) is 6.61 Å². The van der Waals surface area contributed by atoms with Gasteiger partial charge in [-0.05, 0) is 19.9 Å². The molecule has 0 saturated carbocycles. The Kier molecular flexibility index (Phi) is 3.96. The highest BCUT2D eigenvalue weighted by molar-refractivity contribution is 7.89. The number of aliphatic hydroxyl groups is 1. The Morgan fingerprint density at radius 3 is 2.63 bits per heavy atom. The van der Waals surface area contributed by atoms with Crippen molar-refractivity contribution >= 4 is 31.4 Å². The Morgan fingerprint density at radius 2 is 2.00 bits per heavy atom. The number of likely N-dealkylation sites (N-methyl/N-ethyl adjacent to an activating group) is 1.